The molecular formula is C39H22F2N4O. The Morgan fingerprint density at radius 1 is 0.478 bits per heavy atom. The van der Waals surface area contributed by atoms with E-state index in [1.165, 1.54) is 12.1 Å². The summed E-state index contributed by atoms with van der Waals surface area (Å²) in [4.78, 5) is 14.6. The van der Waals surface area contributed by atoms with Crippen LogP contribution in [-0.2, 0) is 0 Å². The molecule has 0 bridgehead atoms. The first kappa shape index (κ1) is 26.2. The van der Waals surface area contributed by atoms with Gasteiger partial charge in [0.05, 0.1) is 11.0 Å². The first-order chi connectivity index (χ1) is 22.6. The molecule has 46 heavy (non-hydrogen) atoms. The summed E-state index contributed by atoms with van der Waals surface area (Å²) in [5.74, 6) is 0.0381. The molecule has 3 heterocycles. The van der Waals surface area contributed by atoms with Crippen molar-refractivity contribution in [3.63, 3.8) is 0 Å². The summed E-state index contributed by atoms with van der Waals surface area (Å²) in [7, 11) is 0. The molecule has 6 aromatic carbocycles. The number of hydrogen-bond acceptors (Lipinski definition) is 4. The summed E-state index contributed by atoms with van der Waals surface area (Å²) in [6.45, 7) is 0. The highest BCUT2D eigenvalue weighted by Gasteiger charge is 2.22. The van der Waals surface area contributed by atoms with E-state index < -0.39 is 11.6 Å². The largest absolute Gasteiger partial charge is 0.456 e. The van der Waals surface area contributed by atoms with E-state index in [2.05, 4.69) is 18.2 Å². The first-order valence-corrected chi connectivity index (χ1v) is 14.8. The molecule has 0 aliphatic carbocycles. The number of hydrogen-bond donors (Lipinski definition) is 0. The maximum atomic E-state index is 15.2. The SMILES string of the molecule is Fc1cccc2c1c1c(F)cccc1n2-c1nc(-c2ccccc2)nc(-c2ccc3c(c2)oc2cccc(-c4ccccc4)c23)n1. The fraction of sp³-hybridized carbons (Fsp3) is 0. The Balaban J connectivity index is 1.30. The summed E-state index contributed by atoms with van der Waals surface area (Å²) in [6, 6.07) is 41.2. The number of aromatic nitrogens is 4. The molecule has 0 fully saturated rings. The predicted octanol–water partition coefficient (Wildman–Crippen LogP) is 10.1. The molecule has 0 unspecified atom stereocenters. The first-order valence-electron chi connectivity index (χ1n) is 14.8. The smallest absolute Gasteiger partial charge is 0.238 e. The zero-order valence-corrected chi connectivity index (χ0v) is 24.2. The van der Waals surface area contributed by atoms with Gasteiger partial charge in [0, 0.05) is 32.7 Å². The lowest BCUT2D eigenvalue weighted by molar-refractivity contribution is 0.632. The highest BCUT2D eigenvalue weighted by Crippen LogP contribution is 2.39. The minimum atomic E-state index is -0.519. The number of fused-ring (bicyclic) bond motifs is 6. The minimum Gasteiger partial charge on any atom is -0.456 e. The van der Waals surface area contributed by atoms with Gasteiger partial charge in [0.1, 0.15) is 22.8 Å². The molecule has 5 nitrogen and oxygen atoms in total. The van der Waals surface area contributed by atoms with E-state index >= 15 is 8.78 Å². The van der Waals surface area contributed by atoms with Gasteiger partial charge >= 0.3 is 0 Å². The molecule has 0 atom stereocenters. The average Bonchev–Trinajstić information content (AvgIpc) is 3.66. The van der Waals surface area contributed by atoms with Crippen LogP contribution in [0.15, 0.2) is 138 Å². The zero-order valence-electron chi connectivity index (χ0n) is 24.2. The third kappa shape index (κ3) is 4.02. The lowest BCUT2D eigenvalue weighted by atomic mass is 9.99. The quantitative estimate of drug-likeness (QED) is 0.202. The van der Waals surface area contributed by atoms with Crippen LogP contribution in [0.2, 0.25) is 0 Å². The van der Waals surface area contributed by atoms with Crippen molar-refractivity contribution < 1.29 is 13.2 Å². The Labute approximate surface area is 261 Å². The van der Waals surface area contributed by atoms with Gasteiger partial charge in [-0.25, -0.2) is 13.8 Å². The van der Waals surface area contributed by atoms with Crippen molar-refractivity contribution in [3.05, 3.63) is 145 Å². The van der Waals surface area contributed by atoms with E-state index in [4.69, 9.17) is 19.4 Å². The molecule has 0 spiro atoms. The molecule has 0 N–H and O–H groups in total. The van der Waals surface area contributed by atoms with Crippen LogP contribution in [0.5, 0.6) is 0 Å². The van der Waals surface area contributed by atoms with Crippen LogP contribution in [0.4, 0.5) is 8.78 Å². The molecule has 0 aliphatic rings. The topological polar surface area (TPSA) is 56.7 Å². The Hall–Kier alpha value is -6.21. The van der Waals surface area contributed by atoms with Crippen LogP contribution in [0.25, 0.3) is 83.6 Å². The van der Waals surface area contributed by atoms with E-state index in [1.807, 2.05) is 78.9 Å². The van der Waals surface area contributed by atoms with Crippen molar-refractivity contribution in [3.8, 4) is 39.9 Å². The van der Waals surface area contributed by atoms with Crippen molar-refractivity contribution in [1.82, 2.24) is 19.5 Å². The van der Waals surface area contributed by atoms with Crippen LogP contribution in [0.1, 0.15) is 0 Å². The summed E-state index contributed by atoms with van der Waals surface area (Å²) >= 11 is 0. The lowest BCUT2D eigenvalue weighted by Gasteiger charge is -2.11. The van der Waals surface area contributed by atoms with Crippen LogP contribution < -0.4 is 0 Å². The second-order valence-corrected chi connectivity index (χ2v) is 11.1. The molecule has 0 saturated carbocycles. The van der Waals surface area contributed by atoms with Crippen molar-refractivity contribution >= 4 is 43.7 Å². The van der Waals surface area contributed by atoms with Crippen LogP contribution in [-0.4, -0.2) is 19.5 Å². The molecule has 7 heteroatoms. The van der Waals surface area contributed by atoms with Gasteiger partial charge in [0.15, 0.2) is 11.6 Å². The number of rotatable bonds is 4. The Morgan fingerprint density at radius 3 is 1.76 bits per heavy atom. The Kier molecular flexibility index (Phi) is 5.80. The molecule has 9 rings (SSSR count). The monoisotopic (exact) mass is 600 g/mol. The fourth-order valence-electron chi connectivity index (χ4n) is 6.37. The highest BCUT2D eigenvalue weighted by atomic mass is 19.1. The van der Waals surface area contributed by atoms with Crippen molar-refractivity contribution in [2.75, 3.05) is 0 Å². The third-order valence-corrected chi connectivity index (χ3v) is 8.41. The van der Waals surface area contributed by atoms with Gasteiger partial charge < -0.3 is 4.42 Å². The predicted molar refractivity (Wildman–Crippen MR) is 178 cm³/mol. The van der Waals surface area contributed by atoms with E-state index in [9.17, 15) is 0 Å². The number of benzene rings is 6. The van der Waals surface area contributed by atoms with Crippen molar-refractivity contribution in [1.29, 1.82) is 0 Å². The summed E-state index contributed by atoms with van der Waals surface area (Å²) in [5, 5.41) is 2.36. The van der Waals surface area contributed by atoms with Crippen LogP contribution in [0, 0.1) is 11.6 Å². The molecule has 218 valence electrons. The fourth-order valence-corrected chi connectivity index (χ4v) is 6.37. The van der Waals surface area contributed by atoms with E-state index in [-0.39, 0.29) is 16.7 Å². The molecule has 3 aromatic heterocycles. The van der Waals surface area contributed by atoms with E-state index in [1.54, 1.807) is 28.8 Å². The van der Waals surface area contributed by atoms with Gasteiger partial charge in [-0.05, 0) is 53.6 Å². The number of halogens is 2. The lowest BCUT2D eigenvalue weighted by Crippen LogP contribution is -2.06. The maximum absolute atomic E-state index is 15.2. The van der Waals surface area contributed by atoms with Crippen LogP contribution in [0.3, 0.4) is 0 Å². The average molecular weight is 601 g/mol. The molecular weight excluding hydrogens is 578 g/mol. The zero-order chi connectivity index (χ0) is 30.8. The summed E-state index contributed by atoms with van der Waals surface area (Å²) in [6.07, 6.45) is 0. The van der Waals surface area contributed by atoms with E-state index in [0.717, 1.165) is 33.0 Å². The summed E-state index contributed by atoms with van der Waals surface area (Å²) < 4.78 is 38.6. The Bertz CT molecular complexity index is 2550. The molecule has 0 aliphatic heterocycles. The van der Waals surface area contributed by atoms with Crippen LogP contribution >= 0.6 is 0 Å². The van der Waals surface area contributed by atoms with Gasteiger partial charge in [-0.2, -0.15) is 9.97 Å². The van der Waals surface area contributed by atoms with Gasteiger partial charge in [-0.15, -0.1) is 0 Å². The van der Waals surface area contributed by atoms with Gasteiger partial charge in [0.2, 0.25) is 5.95 Å². The van der Waals surface area contributed by atoms with Gasteiger partial charge in [-0.1, -0.05) is 91.0 Å². The second kappa shape index (κ2) is 10.2. The molecule has 0 radical (unpaired) electrons. The molecule has 0 amide bonds. The van der Waals surface area contributed by atoms with Gasteiger partial charge in [-0.3, -0.25) is 4.57 Å². The minimum absolute atomic E-state index is 0.178. The molecule has 9 aromatic rings. The normalized spacial score (nSPS) is 11.7. The standard InChI is InChI=1S/C39H22F2N4O/c40-28-15-8-17-30-35(28)36-29(41)16-9-18-31(36)45(30)39-43-37(24-12-5-2-6-13-24)42-38(44-39)25-20-21-27-33(22-25)46-32-19-7-14-26(34(27)32)23-10-3-1-4-11-23/h1-22H. The van der Waals surface area contributed by atoms with Crippen molar-refractivity contribution in [2.24, 2.45) is 0 Å². The Morgan fingerprint density at radius 2 is 1.09 bits per heavy atom. The summed E-state index contributed by atoms with van der Waals surface area (Å²) in [5.41, 5.74) is 6.08. The van der Waals surface area contributed by atoms with E-state index in [0.29, 0.717) is 33.8 Å². The molecule has 0 saturated heterocycles. The van der Waals surface area contributed by atoms with Gasteiger partial charge in [0.25, 0.3) is 0 Å². The maximum Gasteiger partial charge on any atom is 0.238 e. The second-order valence-electron chi connectivity index (χ2n) is 11.1. The highest BCUT2D eigenvalue weighted by molar-refractivity contribution is 6.13. The number of furan rings is 1. The third-order valence-electron chi connectivity index (χ3n) is 8.41. The number of nitrogens with zero attached hydrogens (tertiary/aromatic N) is 4. The van der Waals surface area contributed by atoms with Crippen molar-refractivity contribution in [2.45, 2.75) is 0 Å².